The van der Waals surface area contributed by atoms with Crippen molar-refractivity contribution in [3.05, 3.63) is 12.7 Å². The van der Waals surface area contributed by atoms with E-state index in [-0.39, 0.29) is 0 Å². The smallest absolute Gasteiger partial charge is 0.0559 e. The molecule has 1 unspecified atom stereocenters. The van der Waals surface area contributed by atoms with Gasteiger partial charge >= 0.3 is 0 Å². The minimum Gasteiger partial charge on any atom is -0.378 e. The second-order valence-corrected chi connectivity index (χ2v) is 3.78. The number of rotatable bonds is 8. The molecule has 0 aromatic heterocycles. The average Bonchev–Trinajstić information content (AvgIpc) is 2.89. The molecule has 2 heteroatoms. The highest BCUT2D eigenvalue weighted by Gasteiger charge is 2.19. The van der Waals surface area contributed by atoms with Crippen molar-refractivity contribution in [1.29, 1.82) is 0 Å². The molecule has 0 spiro atoms. The van der Waals surface area contributed by atoms with Crippen LogP contribution in [0.15, 0.2) is 12.7 Å². The quantitative estimate of drug-likeness (QED) is 0.459. The van der Waals surface area contributed by atoms with Crippen LogP contribution in [0.5, 0.6) is 0 Å². The highest BCUT2D eigenvalue weighted by atomic mass is 16.5. The van der Waals surface area contributed by atoms with Crippen LogP contribution >= 0.6 is 0 Å². The van der Waals surface area contributed by atoms with E-state index >= 15 is 0 Å². The van der Waals surface area contributed by atoms with Crippen molar-refractivity contribution in [3.8, 4) is 0 Å². The third-order valence-electron chi connectivity index (χ3n) is 2.29. The molecule has 1 saturated carbocycles. The van der Waals surface area contributed by atoms with Crippen molar-refractivity contribution in [3.63, 3.8) is 0 Å². The van der Waals surface area contributed by atoms with Crippen molar-refractivity contribution >= 4 is 0 Å². The van der Waals surface area contributed by atoms with E-state index in [0.29, 0.717) is 6.10 Å². The van der Waals surface area contributed by atoms with Crippen LogP contribution in [-0.2, 0) is 4.74 Å². The molecule has 0 aromatic rings. The maximum absolute atomic E-state index is 5.57. The minimum absolute atomic E-state index is 0.381. The molecule has 0 saturated heterocycles. The first-order valence-electron chi connectivity index (χ1n) is 5.29. The normalized spacial score (nSPS) is 18.5. The summed E-state index contributed by atoms with van der Waals surface area (Å²) < 4.78 is 5.57. The lowest BCUT2D eigenvalue weighted by atomic mass is 10.3. The molecule has 0 bridgehead atoms. The Bertz CT molecular complexity index is 143. The summed E-state index contributed by atoms with van der Waals surface area (Å²) >= 11 is 0. The van der Waals surface area contributed by atoms with Gasteiger partial charge in [0.25, 0.3) is 0 Å². The summed E-state index contributed by atoms with van der Waals surface area (Å²) in [7, 11) is 0. The second-order valence-electron chi connectivity index (χ2n) is 3.78. The fraction of sp³-hybridized carbons (Fsp3) is 0.818. The molecule has 0 aromatic carbocycles. The molecule has 13 heavy (non-hydrogen) atoms. The largest absolute Gasteiger partial charge is 0.378 e. The molecule has 0 amide bonds. The summed E-state index contributed by atoms with van der Waals surface area (Å²) in [5.74, 6) is 0. The maximum atomic E-state index is 5.57. The molecule has 1 rings (SSSR count). The maximum Gasteiger partial charge on any atom is 0.0559 e. The molecule has 0 radical (unpaired) electrons. The van der Waals surface area contributed by atoms with Crippen molar-refractivity contribution in [2.45, 2.75) is 44.8 Å². The Morgan fingerprint density at radius 1 is 1.62 bits per heavy atom. The van der Waals surface area contributed by atoms with Crippen molar-refractivity contribution in [2.75, 3.05) is 13.2 Å². The molecule has 1 aliphatic carbocycles. The highest BCUT2D eigenvalue weighted by molar-refractivity contribution is 4.80. The number of ether oxygens (including phenoxy) is 1. The lowest BCUT2D eigenvalue weighted by Gasteiger charge is -2.12. The zero-order chi connectivity index (χ0) is 9.52. The van der Waals surface area contributed by atoms with Gasteiger partial charge in [0.1, 0.15) is 0 Å². The van der Waals surface area contributed by atoms with Crippen molar-refractivity contribution < 1.29 is 4.74 Å². The molecule has 2 nitrogen and oxygen atoms in total. The van der Waals surface area contributed by atoms with E-state index in [1.807, 2.05) is 6.08 Å². The first kappa shape index (κ1) is 10.7. The van der Waals surface area contributed by atoms with Crippen LogP contribution in [-0.4, -0.2) is 25.3 Å². The van der Waals surface area contributed by atoms with E-state index < -0.39 is 0 Å². The molecule has 1 N–H and O–H groups in total. The number of nitrogens with one attached hydrogen (secondary N) is 1. The monoisotopic (exact) mass is 183 g/mol. The summed E-state index contributed by atoms with van der Waals surface area (Å²) in [4.78, 5) is 0. The van der Waals surface area contributed by atoms with Crippen LogP contribution in [0.4, 0.5) is 0 Å². The van der Waals surface area contributed by atoms with Gasteiger partial charge in [-0.3, -0.25) is 0 Å². The minimum atomic E-state index is 0.381. The lowest BCUT2D eigenvalue weighted by Crippen LogP contribution is -2.22. The first-order valence-corrected chi connectivity index (χ1v) is 5.29. The Hall–Kier alpha value is -0.340. The summed E-state index contributed by atoms with van der Waals surface area (Å²) in [6, 6.07) is 0.820. The van der Waals surface area contributed by atoms with Crippen LogP contribution in [0, 0.1) is 0 Å². The lowest BCUT2D eigenvalue weighted by molar-refractivity contribution is 0.0638. The number of hydrogen-bond acceptors (Lipinski definition) is 2. The molecule has 1 atom stereocenters. The van der Waals surface area contributed by atoms with E-state index in [1.54, 1.807) is 0 Å². The zero-order valence-electron chi connectivity index (χ0n) is 8.59. The van der Waals surface area contributed by atoms with E-state index in [1.165, 1.54) is 12.8 Å². The van der Waals surface area contributed by atoms with Gasteiger partial charge in [-0.05, 0) is 39.2 Å². The highest BCUT2D eigenvalue weighted by Crippen LogP contribution is 2.18. The van der Waals surface area contributed by atoms with Gasteiger partial charge in [-0.2, -0.15) is 0 Å². The molecule has 0 heterocycles. The van der Waals surface area contributed by atoms with Crippen LogP contribution in [0.3, 0.4) is 0 Å². The van der Waals surface area contributed by atoms with Gasteiger partial charge in [0, 0.05) is 6.04 Å². The molecule has 0 aliphatic heterocycles. The van der Waals surface area contributed by atoms with E-state index in [0.717, 1.165) is 32.0 Å². The van der Waals surface area contributed by atoms with Crippen LogP contribution in [0.2, 0.25) is 0 Å². The van der Waals surface area contributed by atoms with E-state index in [4.69, 9.17) is 4.74 Å². The summed E-state index contributed by atoms with van der Waals surface area (Å²) in [6.45, 7) is 7.71. The zero-order valence-corrected chi connectivity index (χ0v) is 8.59. The molecular formula is C11H21NO. The van der Waals surface area contributed by atoms with E-state index in [2.05, 4.69) is 18.8 Å². The molecule has 1 fully saturated rings. The summed E-state index contributed by atoms with van der Waals surface area (Å²) in [5.41, 5.74) is 0. The average molecular weight is 183 g/mol. The van der Waals surface area contributed by atoms with Gasteiger partial charge in [0.2, 0.25) is 0 Å². The first-order chi connectivity index (χ1) is 6.33. The van der Waals surface area contributed by atoms with Crippen LogP contribution in [0.25, 0.3) is 0 Å². The Morgan fingerprint density at radius 2 is 2.38 bits per heavy atom. The summed E-state index contributed by atoms with van der Waals surface area (Å²) in [5, 5.41) is 3.48. The topological polar surface area (TPSA) is 21.3 Å². The van der Waals surface area contributed by atoms with Crippen LogP contribution < -0.4 is 5.32 Å². The third kappa shape index (κ3) is 5.83. The van der Waals surface area contributed by atoms with Gasteiger partial charge in [0.05, 0.1) is 12.7 Å². The van der Waals surface area contributed by atoms with Gasteiger partial charge in [-0.25, -0.2) is 0 Å². The molecule has 1 aliphatic rings. The third-order valence-corrected chi connectivity index (χ3v) is 2.29. The molecular weight excluding hydrogens is 162 g/mol. The fourth-order valence-electron chi connectivity index (χ4n) is 1.21. The second kappa shape index (κ2) is 6.17. The predicted molar refractivity (Wildman–Crippen MR) is 55.9 cm³/mol. The van der Waals surface area contributed by atoms with Gasteiger partial charge in [-0.15, -0.1) is 6.58 Å². The van der Waals surface area contributed by atoms with Gasteiger partial charge in [0.15, 0.2) is 0 Å². The summed E-state index contributed by atoms with van der Waals surface area (Å²) in [6.07, 6.45) is 7.09. The SMILES string of the molecule is C=CCCOC(C)CCNC1CC1. The predicted octanol–water partition coefficient (Wildman–Crippen LogP) is 2.11. The van der Waals surface area contributed by atoms with Crippen molar-refractivity contribution in [2.24, 2.45) is 0 Å². The standard InChI is InChI=1S/C11H21NO/c1-3-4-9-13-10(2)7-8-12-11-5-6-11/h3,10-12H,1,4-9H2,2H3. The van der Waals surface area contributed by atoms with Crippen LogP contribution in [0.1, 0.15) is 32.6 Å². The number of hydrogen-bond donors (Lipinski definition) is 1. The molecule has 76 valence electrons. The van der Waals surface area contributed by atoms with Gasteiger partial charge in [-0.1, -0.05) is 6.08 Å². The fourth-order valence-corrected chi connectivity index (χ4v) is 1.21. The Morgan fingerprint density at radius 3 is 3.00 bits per heavy atom. The Kier molecular flexibility index (Phi) is 5.09. The van der Waals surface area contributed by atoms with E-state index in [9.17, 15) is 0 Å². The van der Waals surface area contributed by atoms with Gasteiger partial charge < -0.3 is 10.1 Å². The Labute approximate surface area is 81.4 Å². The van der Waals surface area contributed by atoms with Crippen molar-refractivity contribution in [1.82, 2.24) is 5.32 Å². The Balaban J connectivity index is 1.84.